The molecule has 2 aliphatic heterocycles. The smallest absolute Gasteiger partial charge is 0.243 e. The summed E-state index contributed by atoms with van der Waals surface area (Å²) in [6, 6.07) is 7.12. The summed E-state index contributed by atoms with van der Waals surface area (Å²) in [4.78, 5) is 44.0. The second kappa shape index (κ2) is 9.25. The molecule has 2 saturated heterocycles. The van der Waals surface area contributed by atoms with Gasteiger partial charge < -0.3 is 20.3 Å². The number of hydrogen-bond donors (Lipinski definition) is 3. The Hall–Kier alpha value is -3.37. The van der Waals surface area contributed by atoms with E-state index in [1.807, 2.05) is 0 Å². The van der Waals surface area contributed by atoms with Gasteiger partial charge in [0.15, 0.2) is 5.78 Å². The number of rotatable bonds is 8. The maximum Gasteiger partial charge on any atom is 0.243 e. The van der Waals surface area contributed by atoms with Crippen LogP contribution >= 0.6 is 11.6 Å². The number of nitrogens with one attached hydrogen (secondary N) is 3. The van der Waals surface area contributed by atoms with E-state index in [1.54, 1.807) is 29.2 Å². The van der Waals surface area contributed by atoms with Crippen molar-refractivity contribution >= 4 is 40.7 Å². The van der Waals surface area contributed by atoms with Crippen molar-refractivity contribution in [2.24, 2.45) is 5.92 Å². The zero-order valence-electron chi connectivity index (χ0n) is 19.5. The number of ketones is 1. The molecule has 1 aromatic carbocycles. The Morgan fingerprint density at radius 3 is 2.72 bits per heavy atom. The molecule has 0 unspecified atom stereocenters. The van der Waals surface area contributed by atoms with Gasteiger partial charge in [-0.25, -0.2) is 9.37 Å². The number of anilines is 1. The summed E-state index contributed by atoms with van der Waals surface area (Å²) in [6.07, 6.45) is 2.86. The second-order valence-corrected chi connectivity index (χ2v) is 9.87. The topological polar surface area (TPSA) is 124 Å². The van der Waals surface area contributed by atoms with Gasteiger partial charge >= 0.3 is 0 Å². The number of Topliss-reactive ketones (excluding diaryl/α,β-unsaturated/α-hetero) is 1. The van der Waals surface area contributed by atoms with E-state index in [-0.39, 0.29) is 65.6 Å². The average molecular weight is 514 g/mol. The third-order valence-corrected chi connectivity index (χ3v) is 7.35. The van der Waals surface area contributed by atoms with Crippen molar-refractivity contribution in [1.29, 1.82) is 5.41 Å². The highest BCUT2D eigenvalue weighted by Gasteiger charge is 2.57. The number of benzene rings is 1. The van der Waals surface area contributed by atoms with Gasteiger partial charge in [-0.3, -0.25) is 19.8 Å². The lowest BCUT2D eigenvalue weighted by Crippen LogP contribution is -2.63. The van der Waals surface area contributed by atoms with E-state index in [1.165, 1.54) is 19.2 Å². The highest BCUT2D eigenvalue weighted by atomic mass is 35.5. The first kappa shape index (κ1) is 24.3. The Balaban J connectivity index is 1.30. The van der Waals surface area contributed by atoms with Crippen LogP contribution in [0.2, 0.25) is 5.02 Å². The third-order valence-electron chi connectivity index (χ3n) is 7.06. The van der Waals surface area contributed by atoms with Gasteiger partial charge in [-0.1, -0.05) is 23.7 Å². The van der Waals surface area contributed by atoms with E-state index < -0.39 is 23.2 Å². The molecule has 3 N–H and O–H groups in total. The maximum absolute atomic E-state index is 14.8. The summed E-state index contributed by atoms with van der Waals surface area (Å²) < 4.78 is 20.1. The molecule has 11 heteroatoms. The predicted octanol–water partition coefficient (Wildman–Crippen LogP) is 2.27. The zero-order chi connectivity index (χ0) is 25.6. The molecule has 9 nitrogen and oxygen atoms in total. The van der Waals surface area contributed by atoms with Crippen molar-refractivity contribution in [2.45, 2.75) is 37.4 Å². The first-order valence-electron chi connectivity index (χ1n) is 11.7. The fourth-order valence-electron chi connectivity index (χ4n) is 5.03. The average Bonchev–Trinajstić information content (AvgIpc) is 3.50. The Morgan fingerprint density at radius 2 is 2.03 bits per heavy atom. The summed E-state index contributed by atoms with van der Waals surface area (Å²) >= 11 is 5.96. The van der Waals surface area contributed by atoms with Gasteiger partial charge in [0.05, 0.1) is 24.8 Å². The normalized spacial score (nSPS) is 23.3. The minimum Gasteiger partial charge on any atom is -0.376 e. The van der Waals surface area contributed by atoms with Crippen LogP contribution in [0.25, 0.3) is 0 Å². The first-order chi connectivity index (χ1) is 17.2. The molecule has 1 saturated carbocycles. The molecule has 2 aromatic rings. The molecule has 3 aliphatic rings. The van der Waals surface area contributed by atoms with Crippen LogP contribution in [0.3, 0.4) is 0 Å². The zero-order valence-corrected chi connectivity index (χ0v) is 20.3. The minimum atomic E-state index is -1.04. The van der Waals surface area contributed by atoms with Crippen molar-refractivity contribution in [3.63, 3.8) is 0 Å². The maximum atomic E-state index is 14.8. The van der Waals surface area contributed by atoms with Gasteiger partial charge in [0.2, 0.25) is 11.8 Å². The first-order valence-corrected chi connectivity index (χ1v) is 12.0. The standard InChI is InChI=1S/C25H25ClFN5O4/c1-13(33)22(28)15-4-3-7-29-23(15)30-10-20(34)32-18-8-14(18)9-19(32)24(35)31-25(11-36-12-25)16-5-2-6-17(26)21(16)27/h2-7,14,18-19,28H,8-12H2,1H3,(H,29,30)(H,31,35)/t14-,18-,19+/m1/s1. The number of pyridine rings is 1. The number of carbonyl (C=O) groups excluding carboxylic acids is 3. The van der Waals surface area contributed by atoms with Crippen LogP contribution < -0.4 is 10.6 Å². The lowest BCUT2D eigenvalue weighted by atomic mass is 9.87. The SMILES string of the molecule is CC(=O)C(=N)c1cccnc1NCC(=O)N1[C@@H]2C[C@@H]2C[C@H]1C(=O)NC1(c2cccc(Cl)c2F)COC1. The number of likely N-dealkylation sites (tertiary alicyclic amines) is 1. The molecule has 5 rings (SSSR count). The predicted molar refractivity (Wildman–Crippen MR) is 129 cm³/mol. The van der Waals surface area contributed by atoms with Gasteiger partial charge in [-0.2, -0.15) is 0 Å². The molecule has 1 aromatic heterocycles. The van der Waals surface area contributed by atoms with Gasteiger partial charge in [-0.15, -0.1) is 0 Å². The molecule has 36 heavy (non-hydrogen) atoms. The number of amides is 2. The van der Waals surface area contributed by atoms with Crippen LogP contribution in [-0.4, -0.2) is 65.0 Å². The summed E-state index contributed by atoms with van der Waals surface area (Å²) in [7, 11) is 0. The molecular weight excluding hydrogens is 489 g/mol. The third kappa shape index (κ3) is 4.24. The molecule has 3 fully saturated rings. The Labute approximate surface area is 211 Å². The molecule has 2 amide bonds. The van der Waals surface area contributed by atoms with Crippen molar-refractivity contribution < 1.29 is 23.5 Å². The number of carbonyl (C=O) groups is 3. The summed E-state index contributed by atoms with van der Waals surface area (Å²) in [6.45, 7) is 1.35. The van der Waals surface area contributed by atoms with E-state index in [0.29, 0.717) is 12.0 Å². The van der Waals surface area contributed by atoms with Crippen LogP contribution in [0.1, 0.15) is 30.9 Å². The number of halogens is 2. The van der Waals surface area contributed by atoms with Crippen molar-refractivity contribution in [1.82, 2.24) is 15.2 Å². The second-order valence-electron chi connectivity index (χ2n) is 9.47. The number of ether oxygens (including phenoxy) is 1. The van der Waals surface area contributed by atoms with Gasteiger partial charge in [-0.05, 0) is 37.0 Å². The molecule has 0 radical (unpaired) electrons. The molecule has 0 spiro atoms. The van der Waals surface area contributed by atoms with Gasteiger partial charge in [0.25, 0.3) is 0 Å². The van der Waals surface area contributed by atoms with Crippen LogP contribution in [0.15, 0.2) is 36.5 Å². The summed E-state index contributed by atoms with van der Waals surface area (Å²) in [5.41, 5.74) is -0.692. The van der Waals surface area contributed by atoms with Crippen molar-refractivity contribution in [2.75, 3.05) is 25.1 Å². The highest BCUT2D eigenvalue weighted by molar-refractivity contribution is 6.45. The largest absolute Gasteiger partial charge is 0.376 e. The van der Waals surface area contributed by atoms with Crippen LogP contribution in [0.4, 0.5) is 10.2 Å². The van der Waals surface area contributed by atoms with Crippen molar-refractivity contribution in [3.8, 4) is 0 Å². The molecule has 0 bridgehead atoms. The number of fused-ring (bicyclic) bond motifs is 1. The molecule has 1 aliphatic carbocycles. The fourth-order valence-corrected chi connectivity index (χ4v) is 5.21. The van der Waals surface area contributed by atoms with E-state index in [9.17, 15) is 18.8 Å². The quantitative estimate of drug-likeness (QED) is 0.465. The van der Waals surface area contributed by atoms with E-state index in [4.69, 9.17) is 21.7 Å². The van der Waals surface area contributed by atoms with Crippen LogP contribution in [-0.2, 0) is 24.7 Å². The molecule has 188 valence electrons. The van der Waals surface area contributed by atoms with E-state index in [0.717, 1.165) is 6.42 Å². The lowest BCUT2D eigenvalue weighted by molar-refractivity contribution is -0.145. The number of aromatic nitrogens is 1. The Morgan fingerprint density at radius 1 is 1.25 bits per heavy atom. The van der Waals surface area contributed by atoms with Crippen molar-refractivity contribution in [3.05, 3.63) is 58.5 Å². The van der Waals surface area contributed by atoms with Gasteiger partial charge in [0, 0.05) is 30.3 Å². The molecule has 3 heterocycles. The van der Waals surface area contributed by atoms with Gasteiger partial charge in [0.1, 0.15) is 28.9 Å². The van der Waals surface area contributed by atoms with Crippen LogP contribution in [0.5, 0.6) is 0 Å². The minimum absolute atomic E-state index is 0.0229. The van der Waals surface area contributed by atoms with Crippen LogP contribution in [0, 0.1) is 17.1 Å². The highest BCUT2D eigenvalue weighted by Crippen LogP contribution is 2.48. The number of nitrogens with zero attached hydrogens (tertiary/aromatic N) is 2. The summed E-state index contributed by atoms with van der Waals surface area (Å²) in [5.74, 6) is -1.18. The molecular formula is C25H25ClFN5O4. The number of piperidine rings is 1. The fraction of sp³-hybridized carbons (Fsp3) is 0.400. The monoisotopic (exact) mass is 513 g/mol. The Bertz CT molecular complexity index is 1270. The van der Waals surface area contributed by atoms with E-state index >= 15 is 0 Å². The lowest BCUT2D eigenvalue weighted by Gasteiger charge is -2.43. The van der Waals surface area contributed by atoms with E-state index in [2.05, 4.69) is 15.6 Å². The Kier molecular flexibility index (Phi) is 6.25. The number of hydrogen-bond acceptors (Lipinski definition) is 7. The molecule has 3 atom stereocenters. The summed E-state index contributed by atoms with van der Waals surface area (Å²) in [5, 5.41) is 13.8.